The monoisotopic (exact) mass is 361 g/mol. The smallest absolute Gasteiger partial charge is 0.318 e. The maximum Gasteiger partial charge on any atom is 0.318 e. The highest BCUT2D eigenvalue weighted by Gasteiger charge is 2.28. The Bertz CT molecular complexity index is 895. The zero-order valence-corrected chi connectivity index (χ0v) is 16.5. The van der Waals surface area contributed by atoms with Crippen LogP contribution >= 0.6 is 0 Å². The topological polar surface area (TPSA) is 31.2 Å². The van der Waals surface area contributed by atoms with E-state index in [4.69, 9.17) is 4.74 Å². The summed E-state index contributed by atoms with van der Waals surface area (Å²) >= 11 is 0. The SMILES string of the molecule is Cc1cc(C(C(=O)OC(C)C)c2ccccc2)c(C)n1Cc1ccccc1. The molecule has 0 radical (unpaired) electrons. The van der Waals surface area contributed by atoms with Gasteiger partial charge in [0.2, 0.25) is 0 Å². The second kappa shape index (κ2) is 8.26. The average Bonchev–Trinajstić information content (AvgIpc) is 2.91. The van der Waals surface area contributed by atoms with Crippen molar-refractivity contribution in [2.24, 2.45) is 0 Å². The number of aromatic nitrogens is 1. The first kappa shape index (κ1) is 19.0. The first-order valence-electron chi connectivity index (χ1n) is 9.43. The zero-order chi connectivity index (χ0) is 19.4. The highest BCUT2D eigenvalue weighted by atomic mass is 16.5. The summed E-state index contributed by atoms with van der Waals surface area (Å²) in [4.78, 5) is 13.0. The number of ether oxygens (including phenoxy) is 1. The summed E-state index contributed by atoms with van der Waals surface area (Å²) in [7, 11) is 0. The first-order chi connectivity index (χ1) is 13.0. The molecule has 3 aromatic rings. The Morgan fingerprint density at radius 2 is 1.56 bits per heavy atom. The number of carbonyl (C=O) groups excluding carboxylic acids is 1. The van der Waals surface area contributed by atoms with Gasteiger partial charge in [0, 0.05) is 17.9 Å². The zero-order valence-electron chi connectivity index (χ0n) is 16.5. The number of hydrogen-bond acceptors (Lipinski definition) is 2. The quantitative estimate of drug-likeness (QED) is 0.563. The Balaban J connectivity index is 2.02. The third-order valence-electron chi connectivity index (χ3n) is 4.83. The normalized spacial score (nSPS) is 12.2. The minimum atomic E-state index is -0.413. The van der Waals surface area contributed by atoms with Gasteiger partial charge in [-0.25, -0.2) is 0 Å². The molecule has 0 aliphatic rings. The van der Waals surface area contributed by atoms with E-state index in [0.717, 1.165) is 29.1 Å². The van der Waals surface area contributed by atoms with Crippen molar-refractivity contribution in [1.29, 1.82) is 0 Å². The lowest BCUT2D eigenvalue weighted by molar-refractivity contribution is -0.148. The van der Waals surface area contributed by atoms with E-state index in [1.54, 1.807) is 0 Å². The van der Waals surface area contributed by atoms with E-state index < -0.39 is 5.92 Å². The van der Waals surface area contributed by atoms with Crippen molar-refractivity contribution in [3.05, 3.63) is 94.8 Å². The van der Waals surface area contributed by atoms with Crippen LogP contribution in [0.5, 0.6) is 0 Å². The van der Waals surface area contributed by atoms with Crippen molar-refractivity contribution in [1.82, 2.24) is 4.57 Å². The highest BCUT2D eigenvalue weighted by molar-refractivity contribution is 5.83. The Morgan fingerprint density at radius 3 is 2.15 bits per heavy atom. The van der Waals surface area contributed by atoms with E-state index in [2.05, 4.69) is 48.7 Å². The predicted octanol–water partition coefficient (Wildman–Crippen LogP) is 5.24. The first-order valence-corrected chi connectivity index (χ1v) is 9.43. The Hall–Kier alpha value is -2.81. The molecule has 3 rings (SSSR count). The van der Waals surface area contributed by atoms with Crippen LogP contribution in [0, 0.1) is 13.8 Å². The van der Waals surface area contributed by atoms with Crippen molar-refractivity contribution in [2.75, 3.05) is 0 Å². The molecular weight excluding hydrogens is 334 g/mol. The fourth-order valence-corrected chi connectivity index (χ4v) is 3.52. The van der Waals surface area contributed by atoms with Crippen LogP contribution in [-0.4, -0.2) is 16.6 Å². The molecule has 3 heteroatoms. The molecule has 3 nitrogen and oxygen atoms in total. The molecule has 1 atom stereocenters. The van der Waals surface area contributed by atoms with Gasteiger partial charge in [0.05, 0.1) is 6.10 Å². The number of hydrogen-bond donors (Lipinski definition) is 0. The number of esters is 1. The molecular formula is C24H27NO2. The largest absolute Gasteiger partial charge is 0.462 e. The van der Waals surface area contributed by atoms with Crippen LogP contribution in [0.2, 0.25) is 0 Å². The van der Waals surface area contributed by atoms with Gasteiger partial charge < -0.3 is 9.30 Å². The molecule has 0 saturated carbocycles. The molecule has 0 amide bonds. The molecule has 0 fully saturated rings. The van der Waals surface area contributed by atoms with Crippen molar-refractivity contribution >= 4 is 5.97 Å². The molecule has 27 heavy (non-hydrogen) atoms. The predicted molar refractivity (Wildman–Crippen MR) is 109 cm³/mol. The molecule has 1 aromatic heterocycles. The lowest BCUT2D eigenvalue weighted by Gasteiger charge is -2.19. The maximum absolute atomic E-state index is 13.0. The summed E-state index contributed by atoms with van der Waals surface area (Å²) in [5.41, 5.74) is 5.46. The standard InChI is InChI=1S/C24H27NO2/c1-17(2)27-24(26)23(21-13-9-6-10-14-21)22-15-18(3)25(19(22)4)16-20-11-7-5-8-12-20/h5-15,17,23H,16H2,1-4H3. The number of rotatable bonds is 6. The van der Waals surface area contributed by atoms with Crippen molar-refractivity contribution < 1.29 is 9.53 Å². The summed E-state index contributed by atoms with van der Waals surface area (Å²) in [5.74, 6) is -0.611. The van der Waals surface area contributed by atoms with Gasteiger partial charge in [-0.2, -0.15) is 0 Å². The van der Waals surface area contributed by atoms with Crippen molar-refractivity contribution in [2.45, 2.75) is 46.3 Å². The van der Waals surface area contributed by atoms with E-state index in [9.17, 15) is 4.79 Å². The Morgan fingerprint density at radius 1 is 0.963 bits per heavy atom. The van der Waals surface area contributed by atoms with Gasteiger partial charge in [0.1, 0.15) is 5.92 Å². The van der Waals surface area contributed by atoms with E-state index in [0.29, 0.717) is 0 Å². The van der Waals surface area contributed by atoms with Crippen LogP contribution in [0.3, 0.4) is 0 Å². The molecule has 1 heterocycles. The summed E-state index contributed by atoms with van der Waals surface area (Å²) < 4.78 is 7.86. The average molecular weight is 361 g/mol. The molecule has 0 bridgehead atoms. The van der Waals surface area contributed by atoms with Crippen molar-refractivity contribution in [3.8, 4) is 0 Å². The van der Waals surface area contributed by atoms with Crippen LogP contribution in [0.15, 0.2) is 66.7 Å². The molecule has 0 aliphatic heterocycles. The minimum absolute atomic E-state index is 0.142. The second-order valence-electron chi connectivity index (χ2n) is 7.23. The molecule has 0 spiro atoms. The summed E-state index contributed by atoms with van der Waals surface area (Å²) in [6, 6.07) is 22.4. The maximum atomic E-state index is 13.0. The van der Waals surface area contributed by atoms with E-state index >= 15 is 0 Å². The number of benzene rings is 2. The summed E-state index contributed by atoms with van der Waals surface area (Å²) in [5, 5.41) is 0. The van der Waals surface area contributed by atoms with Crippen LogP contribution in [-0.2, 0) is 16.1 Å². The van der Waals surface area contributed by atoms with Gasteiger partial charge >= 0.3 is 5.97 Å². The lowest BCUT2D eigenvalue weighted by Crippen LogP contribution is -2.21. The van der Waals surface area contributed by atoms with Crippen molar-refractivity contribution in [3.63, 3.8) is 0 Å². The Labute approximate surface area is 161 Å². The summed E-state index contributed by atoms with van der Waals surface area (Å²) in [6.07, 6.45) is -0.142. The van der Waals surface area contributed by atoms with E-state index in [1.165, 1.54) is 5.56 Å². The number of aryl methyl sites for hydroxylation is 1. The lowest BCUT2D eigenvalue weighted by atomic mass is 9.91. The highest BCUT2D eigenvalue weighted by Crippen LogP contribution is 2.31. The molecule has 2 aromatic carbocycles. The van der Waals surface area contributed by atoms with Crippen LogP contribution in [0.4, 0.5) is 0 Å². The third kappa shape index (κ3) is 4.30. The number of nitrogens with zero attached hydrogens (tertiary/aromatic N) is 1. The summed E-state index contributed by atoms with van der Waals surface area (Å²) in [6.45, 7) is 8.75. The van der Waals surface area contributed by atoms with E-state index in [1.807, 2.05) is 50.2 Å². The minimum Gasteiger partial charge on any atom is -0.462 e. The van der Waals surface area contributed by atoms with Gasteiger partial charge in [0.25, 0.3) is 0 Å². The molecule has 0 aliphatic carbocycles. The third-order valence-corrected chi connectivity index (χ3v) is 4.83. The van der Waals surface area contributed by atoms with Gasteiger partial charge in [-0.05, 0) is 50.5 Å². The van der Waals surface area contributed by atoms with Crippen LogP contribution < -0.4 is 0 Å². The number of carbonyl (C=O) groups is 1. The fourth-order valence-electron chi connectivity index (χ4n) is 3.52. The van der Waals surface area contributed by atoms with Crippen LogP contribution in [0.25, 0.3) is 0 Å². The van der Waals surface area contributed by atoms with Gasteiger partial charge in [-0.15, -0.1) is 0 Å². The van der Waals surface area contributed by atoms with Crippen LogP contribution in [0.1, 0.15) is 47.8 Å². The van der Waals surface area contributed by atoms with Gasteiger partial charge in [0.15, 0.2) is 0 Å². The molecule has 0 saturated heterocycles. The van der Waals surface area contributed by atoms with Gasteiger partial charge in [-0.3, -0.25) is 4.79 Å². The molecule has 1 unspecified atom stereocenters. The van der Waals surface area contributed by atoms with E-state index in [-0.39, 0.29) is 12.1 Å². The molecule has 140 valence electrons. The fraction of sp³-hybridized carbons (Fsp3) is 0.292. The van der Waals surface area contributed by atoms with Gasteiger partial charge in [-0.1, -0.05) is 60.7 Å². The Kier molecular flexibility index (Phi) is 5.80. The molecule has 0 N–H and O–H groups in total. The second-order valence-corrected chi connectivity index (χ2v) is 7.23.